The van der Waals surface area contributed by atoms with Crippen LogP contribution in [0.1, 0.15) is 5.56 Å². The zero-order valence-electron chi connectivity index (χ0n) is 11.1. The van der Waals surface area contributed by atoms with Crippen molar-refractivity contribution >= 4 is 28.8 Å². The van der Waals surface area contributed by atoms with Gasteiger partial charge in [0.25, 0.3) is 5.91 Å². The normalized spacial score (nSPS) is 10.2. The van der Waals surface area contributed by atoms with Gasteiger partial charge in [-0.15, -0.1) is 0 Å². The van der Waals surface area contributed by atoms with Crippen LogP contribution in [0.25, 0.3) is 0 Å². The molecular weight excluding hydrogens is 264 g/mol. The molecule has 1 rings (SSSR count). The molecule has 1 amide bonds. The predicted molar refractivity (Wildman–Crippen MR) is 78.4 cm³/mol. The third-order valence-corrected chi connectivity index (χ3v) is 2.79. The highest BCUT2D eigenvalue weighted by Gasteiger charge is 2.11. The summed E-state index contributed by atoms with van der Waals surface area (Å²) in [4.78, 5) is 13.7. The first kappa shape index (κ1) is 15.6. The lowest BCUT2D eigenvalue weighted by Crippen LogP contribution is -2.30. The minimum atomic E-state index is -0.142. The standard InChI is InChI=1S/C13H18N2O3S/c1-15(12(16)9-18-7-6-17-2)11-5-3-4-10(8-11)13(14)19/h3-5,8H,6-7,9H2,1-2H3,(H2,14,19). The number of thiocarbonyl (C=S) groups is 1. The number of hydrogen-bond acceptors (Lipinski definition) is 4. The summed E-state index contributed by atoms with van der Waals surface area (Å²) in [6.45, 7) is 0.869. The van der Waals surface area contributed by atoms with Gasteiger partial charge in [0.15, 0.2) is 0 Å². The number of hydrogen-bond donors (Lipinski definition) is 1. The minimum absolute atomic E-state index is 0.0111. The van der Waals surface area contributed by atoms with Crippen molar-refractivity contribution in [3.63, 3.8) is 0 Å². The van der Waals surface area contributed by atoms with Crippen molar-refractivity contribution in [2.75, 3.05) is 38.9 Å². The van der Waals surface area contributed by atoms with E-state index in [0.29, 0.717) is 18.2 Å². The van der Waals surface area contributed by atoms with E-state index in [2.05, 4.69) is 0 Å². The number of benzene rings is 1. The first-order valence-electron chi connectivity index (χ1n) is 5.79. The maximum atomic E-state index is 11.9. The van der Waals surface area contributed by atoms with Crippen molar-refractivity contribution in [3.8, 4) is 0 Å². The molecular formula is C13H18N2O3S. The van der Waals surface area contributed by atoms with E-state index in [1.807, 2.05) is 6.07 Å². The molecule has 0 saturated carbocycles. The summed E-state index contributed by atoms with van der Waals surface area (Å²) in [5, 5.41) is 0. The van der Waals surface area contributed by atoms with Crippen LogP contribution in [-0.4, -0.2) is 44.9 Å². The van der Waals surface area contributed by atoms with Gasteiger partial charge in [-0.25, -0.2) is 0 Å². The Labute approximate surface area is 118 Å². The number of likely N-dealkylation sites (N-methyl/N-ethyl adjacent to an activating group) is 1. The molecule has 0 heterocycles. The molecule has 0 bridgehead atoms. The molecule has 0 aromatic heterocycles. The quantitative estimate of drug-likeness (QED) is 0.596. The lowest BCUT2D eigenvalue weighted by molar-refractivity contribution is -0.123. The maximum absolute atomic E-state index is 11.9. The van der Waals surface area contributed by atoms with Crippen LogP contribution in [0.2, 0.25) is 0 Å². The Balaban J connectivity index is 2.61. The third-order valence-electron chi connectivity index (χ3n) is 2.55. The van der Waals surface area contributed by atoms with E-state index in [1.54, 1.807) is 32.4 Å². The smallest absolute Gasteiger partial charge is 0.252 e. The van der Waals surface area contributed by atoms with E-state index in [-0.39, 0.29) is 12.5 Å². The predicted octanol–water partition coefficient (Wildman–Crippen LogP) is 0.947. The van der Waals surface area contributed by atoms with Crippen LogP contribution in [0.15, 0.2) is 24.3 Å². The Morgan fingerprint density at radius 1 is 1.42 bits per heavy atom. The van der Waals surface area contributed by atoms with Crippen LogP contribution in [0.3, 0.4) is 0 Å². The van der Waals surface area contributed by atoms with Gasteiger partial charge >= 0.3 is 0 Å². The molecule has 6 heteroatoms. The summed E-state index contributed by atoms with van der Waals surface area (Å²) in [5.74, 6) is -0.142. The van der Waals surface area contributed by atoms with Crippen LogP contribution in [0.5, 0.6) is 0 Å². The molecule has 0 radical (unpaired) electrons. The number of carbonyl (C=O) groups is 1. The summed E-state index contributed by atoms with van der Waals surface area (Å²) < 4.78 is 10.0. The summed E-state index contributed by atoms with van der Waals surface area (Å²) in [5.41, 5.74) is 7.02. The Bertz CT molecular complexity index is 451. The first-order valence-corrected chi connectivity index (χ1v) is 6.20. The van der Waals surface area contributed by atoms with Gasteiger partial charge in [0.2, 0.25) is 0 Å². The molecule has 0 fully saturated rings. The number of nitrogens with zero attached hydrogens (tertiary/aromatic N) is 1. The molecule has 0 aliphatic carbocycles. The average molecular weight is 282 g/mol. The van der Waals surface area contributed by atoms with Crippen molar-refractivity contribution in [1.29, 1.82) is 0 Å². The fourth-order valence-electron chi connectivity index (χ4n) is 1.41. The van der Waals surface area contributed by atoms with Gasteiger partial charge < -0.3 is 20.1 Å². The molecule has 1 aromatic rings. The topological polar surface area (TPSA) is 64.8 Å². The van der Waals surface area contributed by atoms with Gasteiger partial charge in [-0.05, 0) is 12.1 Å². The molecule has 0 aliphatic rings. The molecule has 0 atom stereocenters. The highest BCUT2D eigenvalue weighted by molar-refractivity contribution is 7.80. The molecule has 0 unspecified atom stereocenters. The van der Waals surface area contributed by atoms with E-state index in [0.717, 1.165) is 11.3 Å². The third kappa shape index (κ3) is 4.94. The second-order valence-electron chi connectivity index (χ2n) is 3.91. The SMILES string of the molecule is COCCOCC(=O)N(C)c1cccc(C(N)=S)c1. The molecule has 0 saturated heterocycles. The van der Waals surface area contributed by atoms with Crippen molar-refractivity contribution in [2.45, 2.75) is 0 Å². The van der Waals surface area contributed by atoms with E-state index < -0.39 is 0 Å². The van der Waals surface area contributed by atoms with E-state index in [4.69, 9.17) is 27.4 Å². The van der Waals surface area contributed by atoms with E-state index >= 15 is 0 Å². The van der Waals surface area contributed by atoms with Gasteiger partial charge in [0.1, 0.15) is 11.6 Å². The fraction of sp³-hybridized carbons (Fsp3) is 0.385. The molecule has 19 heavy (non-hydrogen) atoms. The molecule has 0 aliphatic heterocycles. The van der Waals surface area contributed by atoms with Crippen LogP contribution in [-0.2, 0) is 14.3 Å². The molecule has 5 nitrogen and oxygen atoms in total. The Morgan fingerprint density at radius 3 is 2.79 bits per heavy atom. The van der Waals surface area contributed by atoms with Crippen molar-refractivity contribution in [1.82, 2.24) is 0 Å². The number of rotatable bonds is 7. The molecule has 0 spiro atoms. The molecule has 1 aromatic carbocycles. The van der Waals surface area contributed by atoms with Crippen molar-refractivity contribution in [3.05, 3.63) is 29.8 Å². The van der Waals surface area contributed by atoms with Gasteiger partial charge in [0.05, 0.1) is 13.2 Å². The van der Waals surface area contributed by atoms with Crippen LogP contribution in [0.4, 0.5) is 5.69 Å². The van der Waals surface area contributed by atoms with Crippen molar-refractivity contribution < 1.29 is 14.3 Å². The second kappa shape index (κ2) is 7.83. The van der Waals surface area contributed by atoms with Crippen molar-refractivity contribution in [2.24, 2.45) is 5.73 Å². The van der Waals surface area contributed by atoms with Crippen LogP contribution in [0, 0.1) is 0 Å². The van der Waals surface area contributed by atoms with E-state index in [9.17, 15) is 4.79 Å². The number of ether oxygens (including phenoxy) is 2. The number of nitrogens with two attached hydrogens (primary N) is 1. The van der Waals surface area contributed by atoms with Gasteiger partial charge in [-0.2, -0.15) is 0 Å². The van der Waals surface area contributed by atoms with Crippen LogP contribution < -0.4 is 10.6 Å². The van der Waals surface area contributed by atoms with Gasteiger partial charge in [0, 0.05) is 25.4 Å². The monoisotopic (exact) mass is 282 g/mol. The number of anilines is 1. The van der Waals surface area contributed by atoms with Gasteiger partial charge in [-0.1, -0.05) is 24.4 Å². The molecule has 104 valence electrons. The first-order chi connectivity index (χ1) is 9.06. The zero-order chi connectivity index (χ0) is 14.3. The lowest BCUT2D eigenvalue weighted by atomic mass is 10.2. The maximum Gasteiger partial charge on any atom is 0.252 e. The average Bonchev–Trinajstić information content (AvgIpc) is 2.42. The minimum Gasteiger partial charge on any atom is -0.389 e. The molecule has 2 N–H and O–H groups in total. The van der Waals surface area contributed by atoms with E-state index in [1.165, 1.54) is 4.90 Å². The Hall–Kier alpha value is -1.50. The summed E-state index contributed by atoms with van der Waals surface area (Å²) in [7, 11) is 3.26. The number of methoxy groups -OCH3 is 1. The second-order valence-corrected chi connectivity index (χ2v) is 4.35. The fourth-order valence-corrected chi connectivity index (χ4v) is 1.54. The highest BCUT2D eigenvalue weighted by Crippen LogP contribution is 2.15. The largest absolute Gasteiger partial charge is 0.389 e. The summed E-state index contributed by atoms with van der Waals surface area (Å²) >= 11 is 4.91. The van der Waals surface area contributed by atoms with Gasteiger partial charge in [-0.3, -0.25) is 4.79 Å². The zero-order valence-corrected chi connectivity index (χ0v) is 11.9. The van der Waals surface area contributed by atoms with Crippen LogP contribution >= 0.6 is 12.2 Å². The highest BCUT2D eigenvalue weighted by atomic mass is 32.1. The number of carbonyl (C=O) groups excluding carboxylic acids is 1. The summed E-state index contributed by atoms with van der Waals surface area (Å²) in [6, 6.07) is 7.20. The lowest BCUT2D eigenvalue weighted by Gasteiger charge is -2.18. The number of amides is 1. The summed E-state index contributed by atoms with van der Waals surface area (Å²) in [6.07, 6.45) is 0. The Kier molecular flexibility index (Phi) is 6.41. The Morgan fingerprint density at radius 2 is 2.16 bits per heavy atom.